The molecule has 8 heteroatoms. The van der Waals surface area contributed by atoms with E-state index in [-0.39, 0.29) is 43.3 Å². The van der Waals surface area contributed by atoms with Gasteiger partial charge in [-0.15, -0.1) is 0 Å². The van der Waals surface area contributed by atoms with E-state index in [0.717, 1.165) is 45.5 Å². The van der Waals surface area contributed by atoms with Crippen LogP contribution in [-0.4, -0.2) is 43.3 Å². The fourth-order valence-electron chi connectivity index (χ4n) is 14.6. The van der Waals surface area contributed by atoms with Crippen molar-refractivity contribution in [1.29, 1.82) is 0 Å². The Balaban J connectivity index is 0.976. The maximum absolute atomic E-state index is 2.76. The van der Waals surface area contributed by atoms with Crippen LogP contribution in [0.5, 0.6) is 0 Å². The number of fused-ring (bicyclic) bond motifs is 10. The summed E-state index contributed by atoms with van der Waals surface area (Å²) in [5, 5.41) is 5.10. The van der Waals surface area contributed by atoms with Gasteiger partial charge in [0.15, 0.2) is 0 Å². The van der Waals surface area contributed by atoms with E-state index in [0.29, 0.717) is 0 Å². The third-order valence-electron chi connectivity index (χ3n) is 18.2. The van der Waals surface area contributed by atoms with Crippen LogP contribution in [0.4, 0.5) is 68.2 Å². The topological polar surface area (TPSA) is 13.0 Å². The van der Waals surface area contributed by atoms with Gasteiger partial charge < -0.3 is 0 Å². The summed E-state index contributed by atoms with van der Waals surface area (Å²) in [6.45, 7) is -0.123. The summed E-state index contributed by atoms with van der Waals surface area (Å²) in [6, 6.07) is 118. The molecule has 88 heavy (non-hydrogen) atoms. The number of para-hydroxylation sites is 8. The number of nitrogens with zero attached hydrogens (tertiary/aromatic N) is 4. The van der Waals surface area contributed by atoms with Crippen molar-refractivity contribution < 1.29 is 0 Å². The molecule has 0 fully saturated rings. The van der Waals surface area contributed by atoms with Gasteiger partial charge >= 0.3 is 530 Å². The van der Waals surface area contributed by atoms with Gasteiger partial charge in [-0.05, 0) is 0 Å². The molecule has 4 heterocycles. The fourth-order valence-corrected chi connectivity index (χ4v) is 20.6. The van der Waals surface area contributed by atoms with E-state index >= 15 is 0 Å². The molecule has 14 aromatic carbocycles. The summed E-state index contributed by atoms with van der Waals surface area (Å²) in [7, 11) is 0. The first-order valence-corrected chi connectivity index (χ1v) is 33.6. The first-order chi connectivity index (χ1) is 43.7. The Kier molecular flexibility index (Phi) is 12.1. The summed E-state index contributed by atoms with van der Waals surface area (Å²) in [5.41, 5.74) is 25.1. The Morgan fingerprint density at radius 1 is 0.261 bits per heavy atom. The number of benzene rings is 14. The molecule has 14 aromatic rings. The summed E-state index contributed by atoms with van der Waals surface area (Å²) >= 11 is -0.366. The zero-order valence-corrected chi connectivity index (χ0v) is 51.2. The summed E-state index contributed by atoms with van der Waals surface area (Å²) < 4.78 is 5.78. The van der Waals surface area contributed by atoms with E-state index in [1.165, 1.54) is 106 Å². The molecule has 0 saturated carbocycles. The van der Waals surface area contributed by atoms with Crippen LogP contribution >= 0.6 is 0 Å². The monoisotopic (exact) mass is 1250 g/mol. The molecule has 0 atom stereocenters. The number of hydrogen-bond acceptors (Lipinski definition) is 4. The fraction of sp³-hybridized carbons (Fsp3) is 0. The standard InChI is InChI=1S/C80H52B2N4Se2/c1-7-29-55(30-8-1)83(56-31-9-2-10-32-56)61-48-71-77-73(50-61)87-79-67(81(77)65-43-23-25-45-69(65)85(71)59-37-15-5-16-38-59)52-68-80(76(79)75-63-41-21-19-27-53(63)47-54-28-20-22-42-64(54)75)88-74-51-62(84(57-33-11-3-12-34-57)58-35-13-4-14-36-58)49-72-78(74)82(68)66-44-24-26-46-70(66)86(72)60-39-17-6-18-40-60/h1-52H. The molecule has 0 aliphatic carbocycles. The Morgan fingerprint density at radius 2 is 0.602 bits per heavy atom. The van der Waals surface area contributed by atoms with Crippen molar-refractivity contribution in [2.24, 2.45) is 0 Å². The SMILES string of the molecule is c1ccc(N(c2ccccc2)c2cc3c4c(c2)N(c2ccccc2)c2ccccc2B4c2cc4c(c(-c5c6ccccc6cc6ccccc56)c2[Se]3)[Se]c2cc(N(c3ccccc3)c3ccccc3)cc3c2B4c2ccccc2N3c2ccccc2)cc1. The molecule has 4 aliphatic rings. The molecule has 0 bridgehead atoms. The molecule has 0 radical (unpaired) electrons. The average Bonchev–Trinajstić information content (AvgIpc) is 0.744. The van der Waals surface area contributed by atoms with Gasteiger partial charge in [0.2, 0.25) is 0 Å². The molecule has 18 rings (SSSR count). The van der Waals surface area contributed by atoms with Crippen LogP contribution in [-0.2, 0) is 0 Å². The van der Waals surface area contributed by atoms with Crippen LogP contribution in [0.15, 0.2) is 315 Å². The van der Waals surface area contributed by atoms with Gasteiger partial charge in [0.25, 0.3) is 0 Å². The van der Waals surface area contributed by atoms with Crippen molar-refractivity contribution in [2.45, 2.75) is 0 Å². The third kappa shape index (κ3) is 8.07. The van der Waals surface area contributed by atoms with Gasteiger partial charge in [-0.25, -0.2) is 0 Å². The second-order valence-electron chi connectivity index (χ2n) is 23.1. The number of anilines is 12. The van der Waals surface area contributed by atoms with Crippen LogP contribution in [0.1, 0.15) is 0 Å². The van der Waals surface area contributed by atoms with Crippen molar-refractivity contribution in [3.63, 3.8) is 0 Å². The normalized spacial score (nSPS) is 13.0. The molecule has 4 aliphatic heterocycles. The van der Waals surface area contributed by atoms with Crippen molar-refractivity contribution in [2.75, 3.05) is 19.6 Å². The van der Waals surface area contributed by atoms with Crippen LogP contribution in [0.3, 0.4) is 0 Å². The van der Waals surface area contributed by atoms with Gasteiger partial charge in [-0.3, -0.25) is 0 Å². The van der Waals surface area contributed by atoms with E-state index < -0.39 is 0 Å². The van der Waals surface area contributed by atoms with Gasteiger partial charge in [0.05, 0.1) is 0 Å². The van der Waals surface area contributed by atoms with Gasteiger partial charge in [0, 0.05) is 0 Å². The van der Waals surface area contributed by atoms with Crippen molar-refractivity contribution >= 4 is 184 Å². The van der Waals surface area contributed by atoms with E-state index in [2.05, 4.69) is 335 Å². The molecule has 0 N–H and O–H groups in total. The molecule has 0 saturated heterocycles. The van der Waals surface area contributed by atoms with Crippen LogP contribution in [0.2, 0.25) is 0 Å². The molecule has 0 spiro atoms. The Bertz CT molecular complexity index is 4680. The minimum absolute atomic E-state index is 0.0614. The van der Waals surface area contributed by atoms with E-state index in [4.69, 9.17) is 0 Å². The van der Waals surface area contributed by atoms with E-state index in [1.54, 1.807) is 0 Å². The first-order valence-electron chi connectivity index (χ1n) is 30.2. The number of hydrogen-bond donors (Lipinski definition) is 0. The van der Waals surface area contributed by atoms with E-state index in [1.807, 2.05) is 0 Å². The quantitative estimate of drug-likeness (QED) is 0.105. The molecular formula is C80H52B2N4Se2. The molecule has 4 nitrogen and oxygen atoms in total. The van der Waals surface area contributed by atoms with Crippen molar-refractivity contribution in [1.82, 2.24) is 0 Å². The first kappa shape index (κ1) is 51.2. The Hall–Kier alpha value is -10.0. The second kappa shape index (κ2) is 20.8. The van der Waals surface area contributed by atoms with Crippen molar-refractivity contribution in [3.05, 3.63) is 315 Å². The summed E-state index contributed by atoms with van der Waals surface area (Å²) in [5.74, 6) is 0. The predicted octanol–water partition coefficient (Wildman–Crippen LogP) is 13.1. The summed E-state index contributed by atoms with van der Waals surface area (Å²) in [4.78, 5) is 10.1. The average molecular weight is 1250 g/mol. The third-order valence-corrected chi connectivity index (χ3v) is 23.2. The van der Waals surface area contributed by atoms with Crippen molar-refractivity contribution in [3.8, 4) is 11.1 Å². The minimum atomic E-state index is -0.183. The van der Waals surface area contributed by atoms with E-state index in [9.17, 15) is 0 Å². The predicted molar refractivity (Wildman–Crippen MR) is 378 cm³/mol. The molecule has 410 valence electrons. The number of rotatable bonds is 9. The second-order valence-corrected chi connectivity index (χ2v) is 27.5. The molecule has 0 aromatic heterocycles. The van der Waals surface area contributed by atoms with Crippen LogP contribution in [0.25, 0.3) is 32.7 Å². The van der Waals surface area contributed by atoms with Crippen LogP contribution < -0.4 is 70.2 Å². The zero-order valence-electron chi connectivity index (χ0n) is 47.8. The zero-order chi connectivity index (χ0) is 57.8. The molecular weight excluding hydrogens is 1200 g/mol. The summed E-state index contributed by atoms with van der Waals surface area (Å²) in [6.07, 6.45) is 0. The maximum atomic E-state index is 2.76. The van der Waals surface area contributed by atoms with Gasteiger partial charge in [-0.1, -0.05) is 0 Å². The van der Waals surface area contributed by atoms with Crippen LogP contribution in [0, 0.1) is 0 Å². The van der Waals surface area contributed by atoms with Gasteiger partial charge in [-0.2, -0.15) is 0 Å². The molecule has 0 amide bonds. The molecule has 0 unspecified atom stereocenters. The Labute approximate surface area is 526 Å². The Morgan fingerprint density at radius 3 is 1.00 bits per heavy atom. The van der Waals surface area contributed by atoms with Gasteiger partial charge in [0.1, 0.15) is 0 Å².